The van der Waals surface area contributed by atoms with E-state index in [0.29, 0.717) is 5.17 Å². The Morgan fingerprint density at radius 2 is 2.08 bits per heavy atom. The molecule has 0 unspecified atom stereocenters. The van der Waals surface area contributed by atoms with E-state index in [0.717, 1.165) is 25.7 Å². The summed E-state index contributed by atoms with van der Waals surface area (Å²) >= 11 is 1.32. The van der Waals surface area contributed by atoms with E-state index >= 15 is 0 Å². The van der Waals surface area contributed by atoms with Crippen LogP contribution in [0.4, 0.5) is 0 Å². The lowest BCUT2D eigenvalue weighted by Gasteiger charge is -2.02. The van der Waals surface area contributed by atoms with Crippen molar-refractivity contribution in [3.63, 3.8) is 0 Å². The van der Waals surface area contributed by atoms with Crippen LogP contribution in [0.3, 0.4) is 0 Å². The summed E-state index contributed by atoms with van der Waals surface area (Å²) in [6, 6.07) is 0. The Balaban J connectivity index is 2.46. The van der Waals surface area contributed by atoms with Crippen LogP contribution in [-0.2, 0) is 4.79 Å². The Morgan fingerprint density at radius 3 is 2.58 bits per heavy atom. The number of carbonyl (C=O) groups is 1. The number of rotatable bonds is 1. The summed E-state index contributed by atoms with van der Waals surface area (Å²) in [5.41, 5.74) is 5.43. The van der Waals surface area contributed by atoms with Gasteiger partial charge in [0.2, 0.25) is 0 Å². The number of nitrogens with zero attached hydrogens (tertiary/aromatic N) is 1. The van der Waals surface area contributed by atoms with E-state index in [2.05, 4.69) is 4.99 Å². The number of hydrogen-bond acceptors (Lipinski definition) is 2. The van der Waals surface area contributed by atoms with Crippen LogP contribution >= 0.6 is 11.8 Å². The lowest BCUT2D eigenvalue weighted by molar-refractivity contribution is -0.121. The number of carbonyl (C=O) groups excluding carboxylic acids is 1. The SMILES string of the molecule is CSC(N)=NC(=O)C1CCCC1. The molecule has 4 heteroatoms. The van der Waals surface area contributed by atoms with Gasteiger partial charge in [-0.15, -0.1) is 0 Å². The zero-order valence-corrected chi connectivity index (χ0v) is 8.06. The monoisotopic (exact) mass is 186 g/mol. The number of thioether (sulfide) groups is 1. The molecule has 0 bridgehead atoms. The molecule has 0 heterocycles. The summed E-state index contributed by atoms with van der Waals surface area (Å²) in [5, 5.41) is 0.381. The fourth-order valence-electron chi connectivity index (χ4n) is 1.42. The van der Waals surface area contributed by atoms with Gasteiger partial charge in [-0.05, 0) is 19.1 Å². The standard InChI is InChI=1S/C8H14N2OS/c1-12-8(9)10-7(11)6-4-2-3-5-6/h6H,2-5H2,1H3,(H2,9,10,11). The van der Waals surface area contributed by atoms with Gasteiger partial charge in [0.25, 0.3) is 5.91 Å². The second-order valence-corrected chi connectivity index (χ2v) is 3.80. The third-order valence-electron chi connectivity index (χ3n) is 2.13. The van der Waals surface area contributed by atoms with Gasteiger partial charge >= 0.3 is 0 Å². The maximum Gasteiger partial charge on any atom is 0.251 e. The van der Waals surface area contributed by atoms with E-state index in [9.17, 15) is 4.79 Å². The summed E-state index contributed by atoms with van der Waals surface area (Å²) in [7, 11) is 0. The highest BCUT2D eigenvalue weighted by atomic mass is 32.2. The van der Waals surface area contributed by atoms with Gasteiger partial charge in [-0.25, -0.2) is 0 Å². The van der Waals surface area contributed by atoms with Crippen molar-refractivity contribution in [2.75, 3.05) is 6.26 Å². The number of amidine groups is 1. The van der Waals surface area contributed by atoms with Gasteiger partial charge < -0.3 is 5.73 Å². The second-order valence-electron chi connectivity index (χ2n) is 2.97. The Morgan fingerprint density at radius 1 is 1.50 bits per heavy atom. The van der Waals surface area contributed by atoms with Crippen molar-refractivity contribution in [3.8, 4) is 0 Å². The molecule has 12 heavy (non-hydrogen) atoms. The predicted octanol–water partition coefficient (Wildman–Crippen LogP) is 1.38. The molecule has 1 fully saturated rings. The molecule has 1 rings (SSSR count). The maximum absolute atomic E-state index is 11.3. The minimum Gasteiger partial charge on any atom is -0.378 e. The van der Waals surface area contributed by atoms with Crippen LogP contribution in [0.5, 0.6) is 0 Å². The Labute approximate surface area is 76.8 Å². The first-order valence-electron chi connectivity index (χ1n) is 4.16. The first-order valence-corrected chi connectivity index (χ1v) is 5.38. The van der Waals surface area contributed by atoms with Gasteiger partial charge in [-0.1, -0.05) is 24.6 Å². The summed E-state index contributed by atoms with van der Waals surface area (Å²) < 4.78 is 0. The molecule has 1 aliphatic rings. The number of amides is 1. The third-order valence-corrected chi connectivity index (χ3v) is 2.64. The van der Waals surface area contributed by atoms with Crippen molar-refractivity contribution in [1.82, 2.24) is 0 Å². The minimum absolute atomic E-state index is 0.0284. The van der Waals surface area contributed by atoms with E-state index in [-0.39, 0.29) is 11.8 Å². The van der Waals surface area contributed by atoms with Crippen molar-refractivity contribution in [3.05, 3.63) is 0 Å². The van der Waals surface area contributed by atoms with Gasteiger partial charge in [-0.2, -0.15) is 4.99 Å². The highest BCUT2D eigenvalue weighted by Crippen LogP contribution is 2.25. The number of aliphatic imine (C=N–C) groups is 1. The van der Waals surface area contributed by atoms with Crippen LogP contribution in [0, 0.1) is 5.92 Å². The van der Waals surface area contributed by atoms with Crippen molar-refractivity contribution in [2.45, 2.75) is 25.7 Å². The van der Waals surface area contributed by atoms with Crippen LogP contribution in [-0.4, -0.2) is 17.3 Å². The Bertz CT molecular complexity index is 197. The predicted molar refractivity (Wildman–Crippen MR) is 52.1 cm³/mol. The number of hydrogen-bond donors (Lipinski definition) is 1. The molecule has 0 aliphatic heterocycles. The molecule has 0 aromatic heterocycles. The van der Waals surface area contributed by atoms with E-state index in [1.807, 2.05) is 6.26 Å². The third kappa shape index (κ3) is 2.52. The van der Waals surface area contributed by atoms with E-state index < -0.39 is 0 Å². The molecule has 2 N–H and O–H groups in total. The highest BCUT2D eigenvalue weighted by molar-refractivity contribution is 8.13. The average molecular weight is 186 g/mol. The molecular formula is C8H14N2OS. The Kier molecular flexibility index (Phi) is 3.59. The lowest BCUT2D eigenvalue weighted by Crippen LogP contribution is -2.14. The van der Waals surface area contributed by atoms with Crippen LogP contribution in [0.25, 0.3) is 0 Å². The van der Waals surface area contributed by atoms with Gasteiger partial charge in [-0.3, -0.25) is 4.79 Å². The van der Waals surface area contributed by atoms with Crippen LogP contribution in [0.1, 0.15) is 25.7 Å². The molecular weight excluding hydrogens is 172 g/mol. The van der Waals surface area contributed by atoms with Crippen LogP contribution < -0.4 is 5.73 Å². The van der Waals surface area contributed by atoms with Crippen molar-refractivity contribution in [2.24, 2.45) is 16.6 Å². The van der Waals surface area contributed by atoms with Gasteiger partial charge in [0.15, 0.2) is 5.17 Å². The quantitative estimate of drug-likeness (QED) is 0.497. The molecule has 0 spiro atoms. The fourth-order valence-corrected chi connectivity index (χ4v) is 1.60. The normalized spacial score (nSPS) is 19.9. The molecule has 0 aromatic rings. The molecule has 1 saturated carbocycles. The van der Waals surface area contributed by atoms with E-state index in [1.54, 1.807) is 0 Å². The molecule has 0 aromatic carbocycles. The average Bonchev–Trinajstić information content (AvgIpc) is 2.56. The molecule has 0 saturated heterocycles. The summed E-state index contributed by atoms with van der Waals surface area (Å²) in [4.78, 5) is 15.1. The van der Waals surface area contributed by atoms with Gasteiger partial charge in [0.05, 0.1) is 0 Å². The van der Waals surface area contributed by atoms with Gasteiger partial charge in [0, 0.05) is 5.92 Å². The molecule has 0 atom stereocenters. The van der Waals surface area contributed by atoms with Crippen LogP contribution in [0.2, 0.25) is 0 Å². The second kappa shape index (κ2) is 4.50. The van der Waals surface area contributed by atoms with Gasteiger partial charge in [0.1, 0.15) is 0 Å². The molecule has 0 radical (unpaired) electrons. The van der Waals surface area contributed by atoms with Crippen molar-refractivity contribution >= 4 is 22.8 Å². The molecule has 1 amide bonds. The number of nitrogens with two attached hydrogens (primary N) is 1. The van der Waals surface area contributed by atoms with Crippen molar-refractivity contribution in [1.29, 1.82) is 0 Å². The molecule has 1 aliphatic carbocycles. The summed E-state index contributed by atoms with van der Waals surface area (Å²) in [6.45, 7) is 0. The van der Waals surface area contributed by atoms with E-state index in [1.165, 1.54) is 11.8 Å². The topological polar surface area (TPSA) is 55.4 Å². The Hall–Kier alpha value is -0.510. The smallest absolute Gasteiger partial charge is 0.251 e. The highest BCUT2D eigenvalue weighted by Gasteiger charge is 2.22. The van der Waals surface area contributed by atoms with Crippen molar-refractivity contribution < 1.29 is 4.79 Å². The zero-order valence-electron chi connectivity index (χ0n) is 7.25. The van der Waals surface area contributed by atoms with Crippen LogP contribution in [0.15, 0.2) is 4.99 Å². The maximum atomic E-state index is 11.3. The minimum atomic E-state index is -0.0284. The molecule has 68 valence electrons. The summed E-state index contributed by atoms with van der Waals surface area (Å²) in [5.74, 6) is 0.120. The lowest BCUT2D eigenvalue weighted by atomic mass is 10.1. The largest absolute Gasteiger partial charge is 0.378 e. The molecule has 3 nitrogen and oxygen atoms in total. The summed E-state index contributed by atoms with van der Waals surface area (Å²) in [6.07, 6.45) is 6.12. The first-order chi connectivity index (χ1) is 5.74. The van der Waals surface area contributed by atoms with E-state index in [4.69, 9.17) is 5.73 Å². The first kappa shape index (κ1) is 9.58. The zero-order chi connectivity index (χ0) is 8.97. The fraction of sp³-hybridized carbons (Fsp3) is 0.750.